The quantitative estimate of drug-likeness (QED) is 0.539. The van der Waals surface area contributed by atoms with Gasteiger partial charge in [-0.25, -0.2) is 15.0 Å². The van der Waals surface area contributed by atoms with Crippen molar-refractivity contribution in [1.29, 1.82) is 0 Å². The van der Waals surface area contributed by atoms with Crippen LogP contribution in [0.1, 0.15) is 10.4 Å². The number of hydrogen-bond donors (Lipinski definition) is 0. The van der Waals surface area contributed by atoms with Crippen molar-refractivity contribution in [2.24, 2.45) is 4.99 Å². The number of carbonyl (C=O) groups excluding carboxylic acids is 1. The Morgan fingerprint density at radius 3 is 2.40 bits per heavy atom. The second kappa shape index (κ2) is 5.44. The molecule has 6 heteroatoms. The van der Waals surface area contributed by atoms with Crippen LogP contribution < -0.4 is 0 Å². The summed E-state index contributed by atoms with van der Waals surface area (Å²) in [4.78, 5) is 23.3. The molecule has 0 atom stereocenters. The SMILES string of the molecule is C=Nc1nc(-c2csc(-c3ccc(C=O)cc3)n2)cs1. The lowest BCUT2D eigenvalue weighted by molar-refractivity contribution is 0.112. The summed E-state index contributed by atoms with van der Waals surface area (Å²) in [5.41, 5.74) is 3.29. The zero-order valence-electron chi connectivity index (χ0n) is 10.3. The number of carbonyl (C=O) groups is 1. The Kier molecular flexibility index (Phi) is 3.49. The molecule has 2 aromatic heterocycles. The monoisotopic (exact) mass is 299 g/mol. The molecule has 98 valence electrons. The van der Waals surface area contributed by atoms with E-state index in [1.165, 1.54) is 11.3 Å². The van der Waals surface area contributed by atoms with Crippen molar-refractivity contribution in [3.05, 3.63) is 40.6 Å². The molecule has 0 amide bonds. The van der Waals surface area contributed by atoms with Gasteiger partial charge in [-0.05, 0) is 6.72 Å². The summed E-state index contributed by atoms with van der Waals surface area (Å²) in [6.45, 7) is 3.46. The maximum Gasteiger partial charge on any atom is 0.209 e. The van der Waals surface area contributed by atoms with Gasteiger partial charge >= 0.3 is 0 Å². The number of rotatable bonds is 4. The van der Waals surface area contributed by atoms with E-state index in [4.69, 9.17) is 0 Å². The second-order valence-electron chi connectivity index (χ2n) is 3.95. The molecule has 20 heavy (non-hydrogen) atoms. The van der Waals surface area contributed by atoms with Crippen molar-refractivity contribution >= 4 is 40.8 Å². The molecule has 0 unspecified atom stereocenters. The van der Waals surface area contributed by atoms with Crippen molar-refractivity contribution in [2.45, 2.75) is 0 Å². The first-order valence-electron chi connectivity index (χ1n) is 5.74. The number of aldehydes is 1. The van der Waals surface area contributed by atoms with Crippen molar-refractivity contribution in [2.75, 3.05) is 0 Å². The molecule has 0 radical (unpaired) electrons. The van der Waals surface area contributed by atoms with Crippen LogP contribution in [0.3, 0.4) is 0 Å². The highest BCUT2D eigenvalue weighted by Gasteiger charge is 2.09. The molecule has 0 aliphatic heterocycles. The molecule has 3 rings (SSSR count). The Bertz CT molecular complexity index is 759. The molecule has 0 spiro atoms. The molecule has 0 saturated heterocycles. The van der Waals surface area contributed by atoms with E-state index in [-0.39, 0.29) is 0 Å². The van der Waals surface area contributed by atoms with Gasteiger partial charge < -0.3 is 0 Å². The molecular formula is C14H9N3OS2. The molecule has 2 heterocycles. The number of nitrogens with zero attached hydrogens (tertiary/aromatic N) is 3. The van der Waals surface area contributed by atoms with E-state index in [0.717, 1.165) is 28.2 Å². The summed E-state index contributed by atoms with van der Waals surface area (Å²) in [7, 11) is 0. The van der Waals surface area contributed by atoms with Gasteiger partial charge in [0.2, 0.25) is 5.13 Å². The standard InChI is InChI=1S/C14H9N3OS2/c1-15-14-17-12(8-20-14)11-7-19-13(16-11)10-4-2-9(6-18)3-5-10/h2-8H,1H2. The molecular weight excluding hydrogens is 290 g/mol. The zero-order valence-corrected chi connectivity index (χ0v) is 11.9. The molecule has 0 fully saturated rings. The summed E-state index contributed by atoms with van der Waals surface area (Å²) < 4.78 is 0. The van der Waals surface area contributed by atoms with E-state index >= 15 is 0 Å². The highest BCUT2D eigenvalue weighted by atomic mass is 32.1. The van der Waals surface area contributed by atoms with Gasteiger partial charge in [0.25, 0.3) is 0 Å². The van der Waals surface area contributed by atoms with Crippen LogP contribution in [0, 0.1) is 0 Å². The number of aromatic nitrogens is 2. The maximum atomic E-state index is 10.6. The van der Waals surface area contributed by atoms with Crippen LogP contribution in [0.15, 0.2) is 40.0 Å². The third-order valence-corrected chi connectivity index (χ3v) is 4.35. The topological polar surface area (TPSA) is 55.2 Å². The lowest BCUT2D eigenvalue weighted by Gasteiger charge is -1.96. The minimum absolute atomic E-state index is 0.643. The van der Waals surface area contributed by atoms with E-state index in [1.54, 1.807) is 23.5 Å². The minimum atomic E-state index is 0.643. The third-order valence-electron chi connectivity index (χ3n) is 2.69. The molecule has 0 N–H and O–H groups in total. The largest absolute Gasteiger partial charge is 0.298 e. The van der Waals surface area contributed by atoms with Crippen molar-refractivity contribution < 1.29 is 4.79 Å². The van der Waals surface area contributed by atoms with E-state index in [9.17, 15) is 4.79 Å². The molecule has 3 aromatic rings. The number of benzene rings is 1. The third kappa shape index (κ3) is 2.43. The first kappa shape index (κ1) is 12.8. The number of hydrogen-bond acceptors (Lipinski definition) is 6. The average molecular weight is 299 g/mol. The van der Waals surface area contributed by atoms with Crippen LogP contribution in [-0.4, -0.2) is 23.0 Å². The van der Waals surface area contributed by atoms with Crippen LogP contribution in [0.4, 0.5) is 5.13 Å². The average Bonchev–Trinajstić information content (AvgIpc) is 3.16. The maximum absolute atomic E-state index is 10.6. The summed E-state index contributed by atoms with van der Waals surface area (Å²) in [5.74, 6) is 0. The smallest absolute Gasteiger partial charge is 0.209 e. The number of thiazole rings is 2. The molecule has 4 nitrogen and oxygen atoms in total. The van der Waals surface area contributed by atoms with Gasteiger partial charge in [-0.2, -0.15) is 0 Å². The van der Waals surface area contributed by atoms with E-state index in [2.05, 4.69) is 21.7 Å². The molecule has 0 bridgehead atoms. The summed E-state index contributed by atoms with van der Waals surface area (Å²) in [6, 6.07) is 7.35. The minimum Gasteiger partial charge on any atom is -0.298 e. The summed E-state index contributed by atoms with van der Waals surface area (Å²) in [6.07, 6.45) is 0.830. The Labute approximate surface area is 123 Å². The normalized spacial score (nSPS) is 10.4. The van der Waals surface area contributed by atoms with Crippen molar-refractivity contribution in [3.63, 3.8) is 0 Å². The fraction of sp³-hybridized carbons (Fsp3) is 0. The predicted molar refractivity (Wildman–Crippen MR) is 83.3 cm³/mol. The fourth-order valence-electron chi connectivity index (χ4n) is 1.68. The van der Waals surface area contributed by atoms with Gasteiger partial charge in [-0.3, -0.25) is 4.79 Å². The Morgan fingerprint density at radius 1 is 1.05 bits per heavy atom. The van der Waals surface area contributed by atoms with Crippen LogP contribution >= 0.6 is 22.7 Å². The predicted octanol–water partition coefficient (Wildman–Crippen LogP) is 4.08. The van der Waals surface area contributed by atoms with Gasteiger partial charge in [0.05, 0.1) is 0 Å². The first-order chi connectivity index (χ1) is 9.80. The van der Waals surface area contributed by atoms with Gasteiger partial charge in [0.15, 0.2) is 0 Å². The molecule has 0 saturated carbocycles. The van der Waals surface area contributed by atoms with E-state index in [0.29, 0.717) is 10.7 Å². The molecule has 1 aromatic carbocycles. The van der Waals surface area contributed by atoms with Gasteiger partial charge in [-0.15, -0.1) is 22.7 Å². The van der Waals surface area contributed by atoms with Crippen LogP contribution in [0.25, 0.3) is 22.0 Å². The Hall–Kier alpha value is -2.18. The van der Waals surface area contributed by atoms with E-state index in [1.807, 2.05) is 22.9 Å². The van der Waals surface area contributed by atoms with Crippen LogP contribution in [0.2, 0.25) is 0 Å². The van der Waals surface area contributed by atoms with E-state index < -0.39 is 0 Å². The molecule has 0 aliphatic carbocycles. The summed E-state index contributed by atoms with van der Waals surface area (Å²) >= 11 is 2.99. The lowest BCUT2D eigenvalue weighted by Crippen LogP contribution is -1.81. The van der Waals surface area contributed by atoms with Crippen LogP contribution in [-0.2, 0) is 0 Å². The zero-order chi connectivity index (χ0) is 13.9. The number of aliphatic imine (C=N–C) groups is 1. The van der Waals surface area contributed by atoms with Crippen LogP contribution in [0.5, 0.6) is 0 Å². The summed E-state index contributed by atoms with van der Waals surface area (Å²) in [5, 5.41) is 5.42. The Balaban J connectivity index is 1.92. The first-order valence-corrected chi connectivity index (χ1v) is 7.50. The second-order valence-corrected chi connectivity index (χ2v) is 5.65. The highest BCUT2D eigenvalue weighted by Crippen LogP contribution is 2.31. The fourth-order valence-corrected chi connectivity index (χ4v) is 3.12. The van der Waals surface area contributed by atoms with Gasteiger partial charge in [0.1, 0.15) is 22.7 Å². The molecule has 0 aliphatic rings. The Morgan fingerprint density at radius 2 is 1.75 bits per heavy atom. The van der Waals surface area contributed by atoms with Crippen molar-refractivity contribution in [3.8, 4) is 22.0 Å². The van der Waals surface area contributed by atoms with Gasteiger partial charge in [-0.1, -0.05) is 24.3 Å². The highest BCUT2D eigenvalue weighted by molar-refractivity contribution is 7.14. The lowest BCUT2D eigenvalue weighted by atomic mass is 10.1. The van der Waals surface area contributed by atoms with Crippen molar-refractivity contribution in [1.82, 2.24) is 9.97 Å². The van der Waals surface area contributed by atoms with Gasteiger partial charge in [0, 0.05) is 21.9 Å².